The van der Waals surface area contributed by atoms with Gasteiger partial charge >= 0.3 is 0 Å². The summed E-state index contributed by atoms with van der Waals surface area (Å²) in [5.74, 6) is 0.625. The number of nitrogens with zero attached hydrogens (tertiary/aromatic N) is 1. The van der Waals surface area contributed by atoms with E-state index >= 15 is 0 Å². The molecule has 2 heterocycles. The van der Waals surface area contributed by atoms with Gasteiger partial charge in [-0.05, 0) is 6.07 Å². The van der Waals surface area contributed by atoms with E-state index in [1.54, 1.807) is 35.6 Å². The van der Waals surface area contributed by atoms with E-state index in [0.717, 1.165) is 5.56 Å². The average molecular weight is 374 g/mol. The molecule has 0 radical (unpaired) electrons. The number of carbonyl (C=O) groups is 2. The predicted molar refractivity (Wildman–Crippen MR) is 97.1 cm³/mol. The van der Waals surface area contributed by atoms with Gasteiger partial charge in [0.05, 0.1) is 45.5 Å². The summed E-state index contributed by atoms with van der Waals surface area (Å²) in [6.45, 7) is 0.652. The van der Waals surface area contributed by atoms with Crippen molar-refractivity contribution in [1.29, 1.82) is 0 Å². The second-order valence-corrected chi connectivity index (χ2v) is 6.14. The highest BCUT2D eigenvalue weighted by Crippen LogP contribution is 2.42. The molecule has 3 rings (SSSR count). The summed E-state index contributed by atoms with van der Waals surface area (Å²) < 4.78 is 21.0. The van der Waals surface area contributed by atoms with E-state index in [4.69, 9.17) is 18.6 Å². The molecule has 1 aromatic heterocycles. The van der Waals surface area contributed by atoms with E-state index in [2.05, 4.69) is 5.32 Å². The number of ether oxygens (including phenoxy) is 3. The molecule has 1 aliphatic rings. The fraction of sp³-hybridized carbons (Fsp3) is 0.368. The normalized spacial score (nSPS) is 16.3. The van der Waals surface area contributed by atoms with Gasteiger partial charge in [-0.25, -0.2) is 0 Å². The highest BCUT2D eigenvalue weighted by molar-refractivity contribution is 6.00. The molecule has 1 unspecified atom stereocenters. The molecule has 1 aliphatic heterocycles. The number of nitrogens with one attached hydrogen (secondary N) is 1. The van der Waals surface area contributed by atoms with Crippen LogP contribution in [0.4, 0.5) is 5.69 Å². The lowest BCUT2D eigenvalue weighted by Gasteiger charge is -2.20. The number of anilines is 1. The Labute approximate surface area is 157 Å². The number of hydrogen-bond acceptors (Lipinski definition) is 6. The maximum Gasteiger partial charge on any atom is 0.227 e. The molecule has 1 atom stereocenters. The van der Waals surface area contributed by atoms with Crippen LogP contribution < -0.4 is 24.4 Å². The molecule has 0 spiro atoms. The Morgan fingerprint density at radius 3 is 2.48 bits per heavy atom. The number of furan rings is 1. The number of hydrogen-bond donors (Lipinski definition) is 1. The van der Waals surface area contributed by atoms with Crippen molar-refractivity contribution in [3.63, 3.8) is 0 Å². The van der Waals surface area contributed by atoms with Crippen molar-refractivity contribution >= 4 is 17.5 Å². The van der Waals surface area contributed by atoms with Crippen LogP contribution in [0.5, 0.6) is 17.2 Å². The van der Waals surface area contributed by atoms with E-state index in [-0.39, 0.29) is 24.8 Å². The van der Waals surface area contributed by atoms with Crippen LogP contribution in [0.1, 0.15) is 12.0 Å². The second kappa shape index (κ2) is 8.03. The lowest BCUT2D eigenvalue weighted by Crippen LogP contribution is -2.32. The van der Waals surface area contributed by atoms with Crippen molar-refractivity contribution in [3.8, 4) is 17.2 Å². The Morgan fingerprint density at radius 1 is 1.22 bits per heavy atom. The lowest BCUT2D eigenvalue weighted by atomic mass is 10.1. The van der Waals surface area contributed by atoms with Crippen molar-refractivity contribution in [2.45, 2.75) is 13.0 Å². The minimum Gasteiger partial charge on any atom is -0.493 e. The third kappa shape index (κ3) is 3.84. The van der Waals surface area contributed by atoms with Gasteiger partial charge < -0.3 is 28.8 Å². The monoisotopic (exact) mass is 374 g/mol. The molecule has 8 heteroatoms. The minimum absolute atomic E-state index is 0.132. The molecule has 144 valence electrons. The third-order valence-corrected chi connectivity index (χ3v) is 4.50. The predicted octanol–water partition coefficient (Wildman–Crippen LogP) is 1.97. The highest BCUT2D eigenvalue weighted by atomic mass is 16.5. The molecule has 2 aromatic rings. The maximum absolute atomic E-state index is 12.5. The summed E-state index contributed by atoms with van der Waals surface area (Å²) in [7, 11) is 4.54. The first kappa shape index (κ1) is 18.6. The van der Waals surface area contributed by atoms with Crippen LogP contribution in [0.3, 0.4) is 0 Å². The quantitative estimate of drug-likeness (QED) is 0.797. The topological polar surface area (TPSA) is 90.2 Å². The van der Waals surface area contributed by atoms with Crippen LogP contribution in [0.15, 0.2) is 35.1 Å². The largest absolute Gasteiger partial charge is 0.493 e. The summed E-state index contributed by atoms with van der Waals surface area (Å²) in [4.78, 5) is 26.5. The standard InChI is InChI=1S/C19H22N2O6/c1-24-15-7-14(8-16(25-2)18(15)26-3)21-10-13(6-17(21)22)19(23)20-9-12-4-5-27-11-12/h4-5,7-8,11,13H,6,9-10H2,1-3H3,(H,20,23). The highest BCUT2D eigenvalue weighted by Gasteiger charge is 2.35. The number of benzene rings is 1. The summed E-state index contributed by atoms with van der Waals surface area (Å²) in [6, 6.07) is 5.18. The Morgan fingerprint density at radius 2 is 1.93 bits per heavy atom. The molecule has 1 aromatic carbocycles. The van der Waals surface area contributed by atoms with Gasteiger partial charge in [-0.15, -0.1) is 0 Å². The Balaban J connectivity index is 1.74. The molecule has 1 saturated heterocycles. The fourth-order valence-corrected chi connectivity index (χ4v) is 3.08. The zero-order chi connectivity index (χ0) is 19.4. The smallest absolute Gasteiger partial charge is 0.227 e. The summed E-state index contributed by atoms with van der Waals surface area (Å²) in [6.07, 6.45) is 3.27. The van der Waals surface area contributed by atoms with Gasteiger partial charge in [-0.2, -0.15) is 0 Å². The first-order valence-corrected chi connectivity index (χ1v) is 8.46. The molecule has 8 nitrogen and oxygen atoms in total. The Hall–Kier alpha value is -3.16. The molecule has 1 N–H and O–H groups in total. The van der Waals surface area contributed by atoms with Crippen molar-refractivity contribution in [3.05, 3.63) is 36.3 Å². The summed E-state index contributed by atoms with van der Waals surface area (Å²) >= 11 is 0. The number of amides is 2. The molecular formula is C19H22N2O6. The van der Waals surface area contributed by atoms with Gasteiger partial charge in [0.25, 0.3) is 0 Å². The van der Waals surface area contributed by atoms with Crippen molar-refractivity contribution < 1.29 is 28.2 Å². The van der Waals surface area contributed by atoms with Crippen LogP contribution in [-0.4, -0.2) is 39.7 Å². The van der Waals surface area contributed by atoms with Gasteiger partial charge in [-0.1, -0.05) is 0 Å². The number of rotatable bonds is 7. The number of carbonyl (C=O) groups excluding carboxylic acids is 2. The maximum atomic E-state index is 12.5. The van der Waals surface area contributed by atoms with Crippen LogP contribution in [-0.2, 0) is 16.1 Å². The first-order valence-electron chi connectivity index (χ1n) is 8.46. The van der Waals surface area contributed by atoms with E-state index in [9.17, 15) is 9.59 Å². The summed E-state index contributed by atoms with van der Waals surface area (Å²) in [5, 5.41) is 2.84. The van der Waals surface area contributed by atoms with E-state index in [1.165, 1.54) is 21.3 Å². The van der Waals surface area contributed by atoms with Gasteiger partial charge in [0.15, 0.2) is 11.5 Å². The molecule has 0 bridgehead atoms. The molecule has 27 heavy (non-hydrogen) atoms. The minimum atomic E-state index is -0.427. The van der Waals surface area contributed by atoms with Crippen molar-refractivity contribution in [2.24, 2.45) is 5.92 Å². The molecule has 0 aliphatic carbocycles. The van der Waals surface area contributed by atoms with Gasteiger partial charge in [0.2, 0.25) is 17.6 Å². The van der Waals surface area contributed by atoms with Gasteiger partial charge in [-0.3, -0.25) is 9.59 Å². The van der Waals surface area contributed by atoms with Crippen molar-refractivity contribution in [1.82, 2.24) is 5.32 Å². The molecular weight excluding hydrogens is 352 g/mol. The summed E-state index contributed by atoms with van der Waals surface area (Å²) in [5.41, 5.74) is 1.47. The zero-order valence-corrected chi connectivity index (χ0v) is 15.5. The lowest BCUT2D eigenvalue weighted by molar-refractivity contribution is -0.126. The number of methoxy groups -OCH3 is 3. The molecule has 0 saturated carbocycles. The second-order valence-electron chi connectivity index (χ2n) is 6.14. The SMILES string of the molecule is COc1cc(N2CC(C(=O)NCc3ccoc3)CC2=O)cc(OC)c1OC. The van der Waals surface area contributed by atoms with Crippen LogP contribution >= 0.6 is 0 Å². The first-order chi connectivity index (χ1) is 13.1. The average Bonchev–Trinajstić information content (AvgIpc) is 3.34. The van der Waals surface area contributed by atoms with Gasteiger partial charge in [0.1, 0.15) is 0 Å². The van der Waals surface area contributed by atoms with Crippen LogP contribution in [0.2, 0.25) is 0 Å². The van der Waals surface area contributed by atoms with E-state index < -0.39 is 5.92 Å². The van der Waals surface area contributed by atoms with Crippen LogP contribution in [0.25, 0.3) is 0 Å². The Kier molecular flexibility index (Phi) is 5.54. The van der Waals surface area contributed by atoms with E-state index in [1.807, 2.05) is 0 Å². The Bertz CT molecular complexity index is 793. The fourth-order valence-electron chi connectivity index (χ4n) is 3.08. The molecule has 1 fully saturated rings. The van der Waals surface area contributed by atoms with Crippen molar-refractivity contribution in [2.75, 3.05) is 32.8 Å². The van der Waals surface area contributed by atoms with Gasteiger partial charge in [0, 0.05) is 37.2 Å². The van der Waals surface area contributed by atoms with Crippen LogP contribution in [0, 0.1) is 5.92 Å². The van der Waals surface area contributed by atoms with E-state index in [0.29, 0.717) is 29.5 Å². The third-order valence-electron chi connectivity index (χ3n) is 4.50. The zero-order valence-electron chi connectivity index (χ0n) is 15.5. The molecule has 2 amide bonds.